The van der Waals surface area contributed by atoms with E-state index in [4.69, 9.17) is 10.2 Å². The minimum atomic E-state index is 0.272. The van der Waals surface area contributed by atoms with Crippen molar-refractivity contribution in [1.29, 1.82) is 5.26 Å². The Hall–Kier alpha value is -2.71. The quantitative estimate of drug-likeness (QED) is 0.777. The summed E-state index contributed by atoms with van der Waals surface area (Å²) in [6.07, 6.45) is 5.76. The van der Waals surface area contributed by atoms with Crippen molar-refractivity contribution in [3.05, 3.63) is 59.7 Å². The molecule has 4 rings (SSSR count). The fourth-order valence-electron chi connectivity index (χ4n) is 3.69. The second-order valence-corrected chi connectivity index (χ2v) is 6.45. The number of pyridine rings is 1. The summed E-state index contributed by atoms with van der Waals surface area (Å²) < 4.78 is 2.16. The van der Waals surface area contributed by atoms with E-state index in [2.05, 4.69) is 33.1 Å². The van der Waals surface area contributed by atoms with Crippen molar-refractivity contribution in [1.82, 2.24) is 19.9 Å². The number of hydrogen-bond acceptors (Lipinski definition) is 4. The predicted molar refractivity (Wildman–Crippen MR) is 96.7 cm³/mol. The summed E-state index contributed by atoms with van der Waals surface area (Å²) in [7, 11) is 0. The number of para-hydroxylation sites is 2. The van der Waals surface area contributed by atoms with Crippen LogP contribution in [-0.4, -0.2) is 14.5 Å². The Kier molecular flexibility index (Phi) is 4.45. The summed E-state index contributed by atoms with van der Waals surface area (Å²) >= 11 is 0. The molecule has 25 heavy (non-hydrogen) atoms. The van der Waals surface area contributed by atoms with Crippen LogP contribution in [0.3, 0.4) is 0 Å². The lowest BCUT2D eigenvalue weighted by Crippen LogP contribution is -2.27. The fourth-order valence-corrected chi connectivity index (χ4v) is 3.69. The van der Waals surface area contributed by atoms with Crippen molar-refractivity contribution in [3.63, 3.8) is 0 Å². The first-order valence-corrected chi connectivity index (χ1v) is 8.85. The SMILES string of the molecule is N#CCCn1c(CNC2CCCc3cccnc32)nc2ccccc21. The van der Waals surface area contributed by atoms with Crippen molar-refractivity contribution in [2.24, 2.45) is 0 Å². The Morgan fingerprint density at radius 2 is 2.16 bits per heavy atom. The molecule has 2 heterocycles. The number of nitrogens with one attached hydrogen (secondary N) is 1. The van der Waals surface area contributed by atoms with Crippen LogP contribution >= 0.6 is 0 Å². The highest BCUT2D eigenvalue weighted by atomic mass is 15.1. The second-order valence-electron chi connectivity index (χ2n) is 6.45. The lowest BCUT2D eigenvalue weighted by molar-refractivity contribution is 0.437. The van der Waals surface area contributed by atoms with E-state index in [1.54, 1.807) is 0 Å². The number of nitriles is 1. The average molecular weight is 331 g/mol. The third kappa shape index (κ3) is 3.13. The first-order chi connectivity index (χ1) is 12.4. The van der Waals surface area contributed by atoms with Gasteiger partial charge in [-0.2, -0.15) is 5.26 Å². The van der Waals surface area contributed by atoms with Gasteiger partial charge in [-0.3, -0.25) is 4.98 Å². The summed E-state index contributed by atoms with van der Waals surface area (Å²) in [5, 5.41) is 12.6. The van der Waals surface area contributed by atoms with Gasteiger partial charge in [-0.25, -0.2) is 4.98 Å². The summed E-state index contributed by atoms with van der Waals surface area (Å²) in [6.45, 7) is 1.36. The lowest BCUT2D eigenvalue weighted by atomic mass is 9.92. The Bertz CT molecular complexity index is 921. The maximum absolute atomic E-state index is 8.96. The third-order valence-electron chi connectivity index (χ3n) is 4.88. The molecule has 1 atom stereocenters. The predicted octanol–water partition coefficient (Wildman–Crippen LogP) is 3.51. The number of benzene rings is 1. The number of rotatable bonds is 5. The minimum Gasteiger partial charge on any atom is -0.326 e. The molecule has 126 valence electrons. The number of aryl methyl sites for hydroxylation is 2. The lowest BCUT2D eigenvalue weighted by Gasteiger charge is -2.25. The molecular weight excluding hydrogens is 310 g/mol. The molecule has 5 heteroatoms. The molecule has 0 radical (unpaired) electrons. The highest BCUT2D eigenvalue weighted by Gasteiger charge is 2.21. The molecule has 0 saturated heterocycles. The van der Waals surface area contributed by atoms with Crippen molar-refractivity contribution in [3.8, 4) is 6.07 Å². The van der Waals surface area contributed by atoms with Gasteiger partial charge < -0.3 is 9.88 Å². The highest BCUT2D eigenvalue weighted by molar-refractivity contribution is 5.75. The molecule has 0 amide bonds. The van der Waals surface area contributed by atoms with Crippen LogP contribution in [-0.2, 0) is 19.5 Å². The van der Waals surface area contributed by atoms with Gasteiger partial charge in [0.25, 0.3) is 0 Å². The van der Waals surface area contributed by atoms with E-state index in [0.29, 0.717) is 19.5 Å². The van der Waals surface area contributed by atoms with E-state index in [-0.39, 0.29) is 6.04 Å². The van der Waals surface area contributed by atoms with E-state index in [1.807, 2.05) is 30.5 Å². The topological polar surface area (TPSA) is 66.5 Å². The van der Waals surface area contributed by atoms with E-state index >= 15 is 0 Å². The van der Waals surface area contributed by atoms with Crippen molar-refractivity contribution < 1.29 is 0 Å². The van der Waals surface area contributed by atoms with Gasteiger partial charge in [0.2, 0.25) is 0 Å². The molecule has 5 nitrogen and oxygen atoms in total. The first kappa shape index (κ1) is 15.8. The monoisotopic (exact) mass is 331 g/mol. The van der Waals surface area contributed by atoms with Crippen LogP contribution in [0, 0.1) is 11.3 Å². The maximum Gasteiger partial charge on any atom is 0.123 e. The van der Waals surface area contributed by atoms with Crippen LogP contribution in [0.15, 0.2) is 42.6 Å². The van der Waals surface area contributed by atoms with Gasteiger partial charge in [-0.05, 0) is 43.0 Å². The number of hydrogen-bond donors (Lipinski definition) is 1. The number of fused-ring (bicyclic) bond motifs is 2. The van der Waals surface area contributed by atoms with Gasteiger partial charge >= 0.3 is 0 Å². The third-order valence-corrected chi connectivity index (χ3v) is 4.88. The molecule has 1 aliphatic carbocycles. The molecule has 1 unspecified atom stereocenters. The van der Waals surface area contributed by atoms with Crippen LogP contribution in [0.1, 0.15) is 42.4 Å². The van der Waals surface area contributed by atoms with Crippen LogP contribution < -0.4 is 5.32 Å². The number of aromatic nitrogens is 3. The van der Waals surface area contributed by atoms with Gasteiger partial charge in [-0.15, -0.1) is 0 Å². The average Bonchev–Trinajstić information content (AvgIpc) is 3.02. The Labute approximate surface area is 147 Å². The molecule has 0 saturated carbocycles. The van der Waals surface area contributed by atoms with Gasteiger partial charge in [-0.1, -0.05) is 18.2 Å². The normalized spacial score (nSPS) is 16.5. The molecular formula is C20H21N5. The van der Waals surface area contributed by atoms with Crippen LogP contribution in [0.4, 0.5) is 0 Å². The molecule has 1 N–H and O–H groups in total. The summed E-state index contributed by atoms with van der Waals surface area (Å²) in [5.74, 6) is 0.986. The standard InChI is InChI=1S/C20H21N5/c21-11-5-13-25-18-10-2-1-8-16(18)24-19(25)14-23-17-9-3-6-15-7-4-12-22-20(15)17/h1-2,4,7-8,10,12,17,23H,3,5-6,9,13-14H2. The number of nitrogens with zero attached hydrogens (tertiary/aromatic N) is 4. The minimum absolute atomic E-state index is 0.272. The zero-order chi connectivity index (χ0) is 17.1. The van der Waals surface area contributed by atoms with E-state index in [1.165, 1.54) is 17.7 Å². The number of imidazole rings is 1. The summed E-state index contributed by atoms with van der Waals surface area (Å²) in [5.41, 5.74) is 4.61. The molecule has 0 fully saturated rings. The molecule has 1 aromatic carbocycles. The van der Waals surface area contributed by atoms with E-state index < -0.39 is 0 Å². The molecule has 3 aromatic rings. The van der Waals surface area contributed by atoms with Crippen LogP contribution in [0.5, 0.6) is 0 Å². The maximum atomic E-state index is 8.96. The molecule has 1 aliphatic rings. The molecule has 0 bridgehead atoms. The fraction of sp³-hybridized carbons (Fsp3) is 0.350. The second kappa shape index (κ2) is 7.04. The van der Waals surface area contributed by atoms with Gasteiger partial charge in [0, 0.05) is 12.7 Å². The Morgan fingerprint density at radius 1 is 1.24 bits per heavy atom. The summed E-state index contributed by atoms with van der Waals surface area (Å²) in [4.78, 5) is 9.37. The smallest absolute Gasteiger partial charge is 0.123 e. The molecule has 0 aliphatic heterocycles. The molecule has 2 aromatic heterocycles. The zero-order valence-electron chi connectivity index (χ0n) is 14.2. The molecule has 0 spiro atoms. The van der Waals surface area contributed by atoms with Crippen molar-refractivity contribution in [2.75, 3.05) is 0 Å². The van der Waals surface area contributed by atoms with Crippen molar-refractivity contribution >= 4 is 11.0 Å². The van der Waals surface area contributed by atoms with Crippen LogP contribution in [0.25, 0.3) is 11.0 Å². The van der Waals surface area contributed by atoms with Gasteiger partial charge in [0.15, 0.2) is 0 Å². The van der Waals surface area contributed by atoms with E-state index in [0.717, 1.165) is 29.7 Å². The Morgan fingerprint density at radius 3 is 3.08 bits per heavy atom. The van der Waals surface area contributed by atoms with E-state index in [9.17, 15) is 0 Å². The van der Waals surface area contributed by atoms with Gasteiger partial charge in [0.05, 0.1) is 41.8 Å². The summed E-state index contributed by atoms with van der Waals surface area (Å²) in [6, 6.07) is 14.8. The van der Waals surface area contributed by atoms with Gasteiger partial charge in [0.1, 0.15) is 5.82 Å². The van der Waals surface area contributed by atoms with Crippen molar-refractivity contribution in [2.45, 2.75) is 44.8 Å². The Balaban J connectivity index is 1.58. The zero-order valence-corrected chi connectivity index (χ0v) is 14.2. The van der Waals surface area contributed by atoms with Crippen LogP contribution in [0.2, 0.25) is 0 Å². The highest BCUT2D eigenvalue weighted by Crippen LogP contribution is 2.28. The largest absolute Gasteiger partial charge is 0.326 e. The first-order valence-electron chi connectivity index (χ1n) is 8.85.